The van der Waals surface area contributed by atoms with Crippen LogP contribution in [0.5, 0.6) is 11.5 Å². The monoisotopic (exact) mass is 514 g/mol. The number of benzene rings is 2. The van der Waals surface area contributed by atoms with Crippen molar-refractivity contribution in [3.8, 4) is 11.5 Å². The van der Waals surface area contributed by atoms with Gasteiger partial charge in [-0.3, -0.25) is 9.78 Å². The molecule has 2 aromatic carbocycles. The van der Waals surface area contributed by atoms with Crippen molar-refractivity contribution in [2.75, 3.05) is 19.0 Å². The average Bonchev–Trinajstić information content (AvgIpc) is 3.58. The van der Waals surface area contributed by atoms with Gasteiger partial charge in [-0.2, -0.15) is 0 Å². The van der Waals surface area contributed by atoms with E-state index in [1.165, 1.54) is 19.8 Å². The molecule has 3 aromatic rings. The van der Waals surface area contributed by atoms with Gasteiger partial charge in [0.25, 0.3) is 0 Å². The number of methoxy groups -OCH3 is 1. The van der Waals surface area contributed by atoms with Crippen LogP contribution in [-0.2, 0) is 11.2 Å². The molecule has 1 saturated carbocycles. The molecule has 1 aliphatic heterocycles. The van der Waals surface area contributed by atoms with Gasteiger partial charge in [-0.15, -0.1) is 0 Å². The minimum Gasteiger partial charge on any atom is -0.493 e. The van der Waals surface area contributed by atoms with Gasteiger partial charge in [0, 0.05) is 31.5 Å². The molecule has 1 aliphatic carbocycles. The summed E-state index contributed by atoms with van der Waals surface area (Å²) in [4.78, 5) is 30.9. The maximum atomic E-state index is 13.3. The first-order chi connectivity index (χ1) is 18.5. The van der Waals surface area contributed by atoms with Crippen LogP contribution in [0.25, 0.3) is 0 Å². The van der Waals surface area contributed by atoms with Crippen molar-refractivity contribution in [2.45, 2.75) is 57.2 Å². The smallest absolute Gasteiger partial charge is 0.318 e. The topological polar surface area (TPSA) is 92.8 Å². The minimum absolute atomic E-state index is 0.110. The molecular weight excluding hydrogens is 480 g/mol. The Hall–Kier alpha value is -4.07. The van der Waals surface area contributed by atoms with Gasteiger partial charge in [0.15, 0.2) is 11.5 Å². The van der Waals surface area contributed by atoms with E-state index in [0.29, 0.717) is 18.7 Å². The van der Waals surface area contributed by atoms with Crippen molar-refractivity contribution in [1.29, 1.82) is 0 Å². The zero-order valence-corrected chi connectivity index (χ0v) is 21.9. The third-order valence-corrected chi connectivity index (χ3v) is 7.27. The van der Waals surface area contributed by atoms with E-state index in [1.807, 2.05) is 65.7 Å². The summed E-state index contributed by atoms with van der Waals surface area (Å²) in [6.45, 7) is 2.00. The minimum atomic E-state index is -0.201. The molecule has 2 fully saturated rings. The van der Waals surface area contributed by atoms with Crippen molar-refractivity contribution in [2.24, 2.45) is 0 Å². The molecule has 2 atom stereocenters. The van der Waals surface area contributed by atoms with Crippen molar-refractivity contribution in [1.82, 2.24) is 15.2 Å². The molecule has 2 aliphatic rings. The highest BCUT2D eigenvalue weighted by Gasteiger charge is 2.36. The van der Waals surface area contributed by atoms with Gasteiger partial charge in [0.2, 0.25) is 5.91 Å². The highest BCUT2D eigenvalue weighted by atomic mass is 16.5. The predicted octanol–water partition coefficient (Wildman–Crippen LogP) is 5.42. The predicted molar refractivity (Wildman–Crippen MR) is 145 cm³/mol. The number of nitrogens with one attached hydrogen (secondary N) is 2. The largest absolute Gasteiger partial charge is 0.493 e. The number of pyridine rings is 1. The molecule has 8 heteroatoms. The Bertz CT molecular complexity index is 1260. The lowest BCUT2D eigenvalue weighted by Crippen LogP contribution is -2.33. The molecule has 1 aromatic heterocycles. The molecule has 2 unspecified atom stereocenters. The Morgan fingerprint density at radius 3 is 2.61 bits per heavy atom. The van der Waals surface area contributed by atoms with Crippen LogP contribution in [0.15, 0.2) is 67.0 Å². The normalized spacial score (nSPS) is 18.2. The quantitative estimate of drug-likeness (QED) is 0.398. The van der Waals surface area contributed by atoms with Gasteiger partial charge in [-0.1, -0.05) is 24.3 Å². The highest BCUT2D eigenvalue weighted by Crippen LogP contribution is 2.37. The third-order valence-electron chi connectivity index (χ3n) is 7.27. The Morgan fingerprint density at radius 1 is 1.13 bits per heavy atom. The summed E-state index contributed by atoms with van der Waals surface area (Å²) in [5.74, 6) is 1.33. The SMILES string of the molecule is COc1ccc(C2CN(C(Cc3ccc(NC(C)=O)cc3)c3cccnc3)C(=O)N2)cc1OC1CCCC1. The molecule has 0 radical (unpaired) electrons. The summed E-state index contributed by atoms with van der Waals surface area (Å²) in [7, 11) is 1.65. The maximum Gasteiger partial charge on any atom is 0.318 e. The number of amides is 3. The van der Waals surface area contributed by atoms with Gasteiger partial charge in [0.1, 0.15) is 0 Å². The van der Waals surface area contributed by atoms with Crippen LogP contribution < -0.4 is 20.1 Å². The van der Waals surface area contributed by atoms with Crippen molar-refractivity contribution >= 4 is 17.6 Å². The fraction of sp³-hybridized carbons (Fsp3) is 0.367. The number of urea groups is 1. The lowest BCUT2D eigenvalue weighted by molar-refractivity contribution is -0.114. The molecule has 3 amide bonds. The molecule has 38 heavy (non-hydrogen) atoms. The lowest BCUT2D eigenvalue weighted by atomic mass is 9.98. The molecule has 5 rings (SSSR count). The fourth-order valence-electron chi connectivity index (χ4n) is 5.33. The molecule has 0 bridgehead atoms. The van der Waals surface area contributed by atoms with E-state index in [-0.39, 0.29) is 30.1 Å². The fourth-order valence-corrected chi connectivity index (χ4v) is 5.33. The first-order valence-corrected chi connectivity index (χ1v) is 13.2. The van der Waals surface area contributed by atoms with Crippen molar-refractivity contribution in [3.05, 3.63) is 83.7 Å². The van der Waals surface area contributed by atoms with Crippen LogP contribution in [0.3, 0.4) is 0 Å². The number of anilines is 1. The first kappa shape index (κ1) is 25.6. The van der Waals surface area contributed by atoms with Crippen LogP contribution in [-0.4, -0.2) is 41.6 Å². The molecule has 2 heterocycles. The van der Waals surface area contributed by atoms with Crippen LogP contribution in [0.4, 0.5) is 10.5 Å². The van der Waals surface area contributed by atoms with E-state index < -0.39 is 0 Å². The van der Waals surface area contributed by atoms with E-state index in [1.54, 1.807) is 13.3 Å². The first-order valence-electron chi connectivity index (χ1n) is 13.2. The summed E-state index contributed by atoms with van der Waals surface area (Å²) < 4.78 is 11.8. The van der Waals surface area contributed by atoms with Crippen LogP contribution in [0.2, 0.25) is 0 Å². The van der Waals surface area contributed by atoms with Gasteiger partial charge in [0.05, 0.1) is 25.3 Å². The van der Waals surface area contributed by atoms with E-state index in [2.05, 4.69) is 15.6 Å². The highest BCUT2D eigenvalue weighted by molar-refractivity contribution is 5.88. The number of rotatable bonds is 9. The number of hydrogen-bond acceptors (Lipinski definition) is 5. The molecule has 0 spiro atoms. The van der Waals surface area contributed by atoms with Crippen molar-refractivity contribution < 1.29 is 19.1 Å². The molecular formula is C30H34N4O4. The summed E-state index contributed by atoms with van der Waals surface area (Å²) in [5.41, 5.74) is 3.75. The number of carbonyl (C=O) groups excluding carboxylic acids is 2. The standard InChI is InChI=1S/C30H34N4O4/c1-20(35)32-24-12-9-21(10-13-24)16-27(23-6-5-15-31-18-23)34-19-26(33-30(34)36)22-11-14-28(37-2)29(17-22)38-25-7-3-4-8-25/h5-6,9-15,17-18,25-27H,3-4,7-8,16,19H2,1-2H3,(H,32,35)(H,33,36). The van der Waals surface area contributed by atoms with E-state index >= 15 is 0 Å². The van der Waals surface area contributed by atoms with Gasteiger partial charge < -0.3 is 25.0 Å². The second kappa shape index (κ2) is 11.5. The van der Waals surface area contributed by atoms with Gasteiger partial charge in [-0.25, -0.2) is 4.79 Å². The number of nitrogens with zero attached hydrogens (tertiary/aromatic N) is 2. The summed E-state index contributed by atoms with van der Waals surface area (Å²) in [6.07, 6.45) is 8.86. The summed E-state index contributed by atoms with van der Waals surface area (Å²) >= 11 is 0. The lowest BCUT2D eigenvalue weighted by Gasteiger charge is -2.27. The number of carbonyl (C=O) groups is 2. The Balaban J connectivity index is 1.37. The van der Waals surface area contributed by atoms with Crippen LogP contribution in [0, 0.1) is 0 Å². The number of aromatic nitrogens is 1. The second-order valence-electron chi connectivity index (χ2n) is 9.97. The zero-order valence-electron chi connectivity index (χ0n) is 21.9. The van der Waals surface area contributed by atoms with Gasteiger partial charge >= 0.3 is 6.03 Å². The zero-order chi connectivity index (χ0) is 26.5. The Morgan fingerprint density at radius 2 is 1.92 bits per heavy atom. The summed E-state index contributed by atoms with van der Waals surface area (Å²) in [5, 5.41) is 5.96. The number of hydrogen-bond donors (Lipinski definition) is 2. The van der Waals surface area contributed by atoms with Crippen molar-refractivity contribution in [3.63, 3.8) is 0 Å². The Labute approximate surface area is 223 Å². The van der Waals surface area contributed by atoms with E-state index in [4.69, 9.17) is 9.47 Å². The molecule has 198 valence electrons. The Kier molecular flexibility index (Phi) is 7.77. The molecule has 1 saturated heterocycles. The maximum absolute atomic E-state index is 13.3. The molecule has 8 nitrogen and oxygen atoms in total. The van der Waals surface area contributed by atoms with Crippen LogP contribution >= 0.6 is 0 Å². The summed E-state index contributed by atoms with van der Waals surface area (Å²) in [6, 6.07) is 17.0. The van der Waals surface area contributed by atoms with Gasteiger partial charge in [-0.05, 0) is 79.1 Å². The second-order valence-corrected chi connectivity index (χ2v) is 9.97. The van der Waals surface area contributed by atoms with E-state index in [0.717, 1.165) is 41.0 Å². The number of ether oxygens (including phenoxy) is 2. The van der Waals surface area contributed by atoms with E-state index in [9.17, 15) is 9.59 Å². The molecule has 2 N–H and O–H groups in total. The van der Waals surface area contributed by atoms with Crippen LogP contribution in [0.1, 0.15) is 61.4 Å². The third kappa shape index (κ3) is 5.90. The average molecular weight is 515 g/mol.